The number of nitrogens with one attached hydrogen (secondary N) is 1. The highest BCUT2D eigenvalue weighted by molar-refractivity contribution is 7.98. The van der Waals surface area contributed by atoms with Crippen molar-refractivity contribution in [1.82, 2.24) is 10.3 Å². The van der Waals surface area contributed by atoms with E-state index in [-0.39, 0.29) is 11.9 Å². The average molecular weight is 433 g/mol. The van der Waals surface area contributed by atoms with Crippen molar-refractivity contribution in [3.05, 3.63) is 45.9 Å². The standard InChI is InChI=1S/C22H28N2O3S2/c1-15(21(25)24-18-7-5-3-4-6-8-18)27-22(26)17-9-11-20(12-10-17)29-14-19-13-28-16(2)23-19/h9-13,15,18H,3-8,14H2,1-2H3,(H,24,25). The first-order valence-corrected chi connectivity index (χ1v) is 12.0. The molecule has 1 fully saturated rings. The highest BCUT2D eigenvalue weighted by Gasteiger charge is 2.22. The molecule has 156 valence electrons. The second-order valence-electron chi connectivity index (χ2n) is 7.42. The van der Waals surface area contributed by atoms with E-state index < -0.39 is 12.1 Å². The van der Waals surface area contributed by atoms with Gasteiger partial charge in [0.2, 0.25) is 0 Å². The summed E-state index contributed by atoms with van der Waals surface area (Å²) in [7, 11) is 0. The fourth-order valence-electron chi connectivity index (χ4n) is 3.34. The highest BCUT2D eigenvalue weighted by Crippen LogP contribution is 2.24. The molecule has 0 radical (unpaired) electrons. The maximum atomic E-state index is 12.4. The summed E-state index contributed by atoms with van der Waals surface area (Å²) in [5, 5.41) is 6.16. The normalized spacial score (nSPS) is 16.1. The number of aromatic nitrogens is 1. The van der Waals surface area contributed by atoms with E-state index in [0.29, 0.717) is 5.56 Å². The van der Waals surface area contributed by atoms with Crippen LogP contribution in [0.4, 0.5) is 0 Å². The van der Waals surface area contributed by atoms with Gasteiger partial charge in [-0.3, -0.25) is 4.79 Å². The third-order valence-electron chi connectivity index (χ3n) is 5.00. The van der Waals surface area contributed by atoms with Crippen LogP contribution in [-0.2, 0) is 15.3 Å². The number of rotatable bonds is 7. The van der Waals surface area contributed by atoms with Gasteiger partial charge in [-0.05, 0) is 51.0 Å². The van der Waals surface area contributed by atoms with Crippen LogP contribution < -0.4 is 5.32 Å². The molecule has 1 unspecified atom stereocenters. The Morgan fingerprint density at radius 1 is 1.21 bits per heavy atom. The number of esters is 1. The molecule has 0 aliphatic heterocycles. The number of hydrogen-bond donors (Lipinski definition) is 1. The topological polar surface area (TPSA) is 68.3 Å². The fourth-order valence-corrected chi connectivity index (χ4v) is 4.85. The molecule has 1 aromatic heterocycles. The van der Waals surface area contributed by atoms with Crippen LogP contribution >= 0.6 is 23.1 Å². The molecule has 1 aromatic carbocycles. The summed E-state index contributed by atoms with van der Waals surface area (Å²) in [5.74, 6) is 0.114. The van der Waals surface area contributed by atoms with Gasteiger partial charge < -0.3 is 10.1 Å². The van der Waals surface area contributed by atoms with E-state index in [1.54, 1.807) is 42.2 Å². The molecular formula is C22H28N2O3S2. The van der Waals surface area contributed by atoms with Gasteiger partial charge in [0.1, 0.15) is 0 Å². The largest absolute Gasteiger partial charge is 0.449 e. The van der Waals surface area contributed by atoms with Crippen molar-refractivity contribution in [3.63, 3.8) is 0 Å². The molecule has 1 aliphatic rings. The zero-order chi connectivity index (χ0) is 20.6. The third-order valence-corrected chi connectivity index (χ3v) is 6.87. The van der Waals surface area contributed by atoms with Crippen molar-refractivity contribution in [2.75, 3.05) is 0 Å². The van der Waals surface area contributed by atoms with Crippen LogP contribution in [0.15, 0.2) is 34.5 Å². The Balaban J connectivity index is 1.47. The van der Waals surface area contributed by atoms with Gasteiger partial charge >= 0.3 is 5.97 Å². The first-order valence-electron chi connectivity index (χ1n) is 10.2. The van der Waals surface area contributed by atoms with Crippen LogP contribution in [0.25, 0.3) is 0 Å². The van der Waals surface area contributed by atoms with Crippen LogP contribution in [0, 0.1) is 6.92 Å². The molecule has 0 bridgehead atoms. The molecule has 1 N–H and O–H groups in total. The summed E-state index contributed by atoms with van der Waals surface area (Å²) in [5.41, 5.74) is 1.52. The molecule has 3 rings (SSSR count). The first kappa shape index (κ1) is 21.8. The minimum absolute atomic E-state index is 0.198. The Hall–Kier alpha value is -1.86. The van der Waals surface area contributed by atoms with Crippen LogP contribution in [0.5, 0.6) is 0 Å². The minimum atomic E-state index is -0.798. The Morgan fingerprint density at radius 2 is 1.90 bits per heavy atom. The lowest BCUT2D eigenvalue weighted by Crippen LogP contribution is -2.41. The van der Waals surface area contributed by atoms with Crippen LogP contribution in [0.1, 0.15) is 66.5 Å². The number of carbonyl (C=O) groups excluding carboxylic acids is 2. The van der Waals surface area contributed by atoms with Crippen molar-refractivity contribution < 1.29 is 14.3 Å². The maximum absolute atomic E-state index is 12.4. The van der Waals surface area contributed by atoms with Crippen LogP contribution in [0.2, 0.25) is 0 Å². The van der Waals surface area contributed by atoms with Crippen LogP contribution in [-0.4, -0.2) is 29.0 Å². The number of benzene rings is 1. The maximum Gasteiger partial charge on any atom is 0.338 e. The van der Waals surface area contributed by atoms with Gasteiger partial charge in [0.05, 0.1) is 16.3 Å². The van der Waals surface area contributed by atoms with E-state index in [9.17, 15) is 9.59 Å². The monoisotopic (exact) mass is 432 g/mol. The molecule has 29 heavy (non-hydrogen) atoms. The fraction of sp³-hybridized carbons (Fsp3) is 0.500. The molecule has 0 saturated heterocycles. The van der Waals surface area contributed by atoms with E-state index in [1.165, 1.54) is 12.8 Å². The second kappa shape index (κ2) is 10.8. The number of thiazole rings is 1. The number of aryl methyl sites for hydroxylation is 1. The number of carbonyl (C=O) groups is 2. The van der Waals surface area contributed by atoms with Gasteiger partial charge in [0.25, 0.3) is 5.91 Å². The zero-order valence-corrected chi connectivity index (χ0v) is 18.6. The molecule has 1 saturated carbocycles. The molecule has 1 heterocycles. The summed E-state index contributed by atoms with van der Waals surface area (Å²) in [6.45, 7) is 3.63. The number of thioether (sulfide) groups is 1. The second-order valence-corrected chi connectivity index (χ2v) is 9.53. The zero-order valence-electron chi connectivity index (χ0n) is 17.0. The van der Waals surface area contributed by atoms with Crippen LogP contribution in [0.3, 0.4) is 0 Å². The number of hydrogen-bond acceptors (Lipinski definition) is 6. The van der Waals surface area contributed by atoms with Gasteiger partial charge in [-0.25, -0.2) is 9.78 Å². The first-order chi connectivity index (χ1) is 14.0. The summed E-state index contributed by atoms with van der Waals surface area (Å²) in [4.78, 5) is 30.3. The quantitative estimate of drug-likeness (QED) is 0.373. The average Bonchev–Trinajstić information content (AvgIpc) is 2.96. The molecule has 2 aromatic rings. The Labute approximate surface area is 180 Å². The summed E-state index contributed by atoms with van der Waals surface area (Å²) < 4.78 is 5.38. The predicted octanol–water partition coefficient (Wildman–Crippen LogP) is 5.13. The Kier molecular flexibility index (Phi) is 8.12. The third kappa shape index (κ3) is 6.85. The summed E-state index contributed by atoms with van der Waals surface area (Å²) in [6, 6.07) is 7.48. The number of nitrogens with zero attached hydrogens (tertiary/aromatic N) is 1. The van der Waals surface area contributed by atoms with Gasteiger partial charge in [-0.1, -0.05) is 25.7 Å². The van der Waals surface area contributed by atoms with Gasteiger partial charge in [-0.2, -0.15) is 0 Å². The summed E-state index contributed by atoms with van der Waals surface area (Å²) in [6.07, 6.45) is 5.96. The van der Waals surface area contributed by atoms with E-state index >= 15 is 0 Å². The number of ether oxygens (including phenoxy) is 1. The lowest BCUT2D eigenvalue weighted by atomic mass is 10.1. The number of amides is 1. The smallest absolute Gasteiger partial charge is 0.338 e. The lowest BCUT2D eigenvalue weighted by molar-refractivity contribution is -0.129. The molecule has 1 amide bonds. The highest BCUT2D eigenvalue weighted by atomic mass is 32.2. The van der Waals surface area contributed by atoms with Crippen molar-refractivity contribution in [3.8, 4) is 0 Å². The Bertz CT molecular complexity index is 812. The van der Waals surface area contributed by atoms with E-state index in [1.807, 2.05) is 19.1 Å². The van der Waals surface area contributed by atoms with Crippen molar-refractivity contribution in [2.45, 2.75) is 75.2 Å². The molecule has 0 spiro atoms. The van der Waals surface area contributed by atoms with E-state index in [0.717, 1.165) is 47.0 Å². The van der Waals surface area contributed by atoms with Gasteiger partial charge in [0, 0.05) is 22.1 Å². The molecule has 1 atom stereocenters. The van der Waals surface area contributed by atoms with Crippen molar-refractivity contribution in [2.24, 2.45) is 0 Å². The molecular weight excluding hydrogens is 404 g/mol. The predicted molar refractivity (Wildman–Crippen MR) is 117 cm³/mol. The van der Waals surface area contributed by atoms with Gasteiger partial charge in [-0.15, -0.1) is 23.1 Å². The SMILES string of the molecule is Cc1nc(CSc2ccc(C(=O)OC(C)C(=O)NC3CCCCCC3)cc2)cs1. The molecule has 5 nitrogen and oxygen atoms in total. The Morgan fingerprint density at radius 3 is 2.52 bits per heavy atom. The lowest BCUT2D eigenvalue weighted by Gasteiger charge is -2.19. The summed E-state index contributed by atoms with van der Waals surface area (Å²) >= 11 is 3.32. The molecule has 7 heteroatoms. The van der Waals surface area contributed by atoms with Crippen molar-refractivity contribution >= 4 is 35.0 Å². The van der Waals surface area contributed by atoms with E-state index in [4.69, 9.17) is 4.74 Å². The van der Waals surface area contributed by atoms with E-state index in [2.05, 4.69) is 15.7 Å². The van der Waals surface area contributed by atoms with Crippen molar-refractivity contribution in [1.29, 1.82) is 0 Å². The minimum Gasteiger partial charge on any atom is -0.449 e. The van der Waals surface area contributed by atoms with Gasteiger partial charge in [0.15, 0.2) is 6.10 Å². The molecule has 1 aliphatic carbocycles.